The summed E-state index contributed by atoms with van der Waals surface area (Å²) in [5.41, 5.74) is 0. The Morgan fingerprint density at radius 2 is 2.11 bits per heavy atom. The molecular formula is C7H11O2. The predicted octanol–water partition coefficient (Wildman–Crippen LogP) is 1.69. The van der Waals surface area contributed by atoms with Crippen molar-refractivity contribution in [2.75, 3.05) is 0 Å². The molecule has 2 heteroatoms. The molecule has 0 atom stereocenters. The fourth-order valence-electron chi connectivity index (χ4n) is 0.464. The Hall–Kier alpha value is -0.790. The zero-order valence-electron chi connectivity index (χ0n) is 5.59. The van der Waals surface area contributed by atoms with Crippen LogP contribution < -0.4 is 0 Å². The van der Waals surface area contributed by atoms with Crippen LogP contribution in [0.4, 0.5) is 0 Å². The van der Waals surface area contributed by atoms with Gasteiger partial charge in [-0.15, -0.1) is 0 Å². The molecule has 51 valence electrons. The second-order valence-electron chi connectivity index (χ2n) is 1.84. The highest BCUT2D eigenvalue weighted by Crippen LogP contribution is 1.90. The van der Waals surface area contributed by atoms with Crippen molar-refractivity contribution in [3.8, 4) is 0 Å². The van der Waals surface area contributed by atoms with Gasteiger partial charge in [-0.05, 0) is 6.42 Å². The van der Waals surface area contributed by atoms with E-state index in [1.54, 1.807) is 6.08 Å². The van der Waals surface area contributed by atoms with Crippen LogP contribution >= 0.6 is 0 Å². The van der Waals surface area contributed by atoms with Crippen molar-refractivity contribution in [2.45, 2.75) is 26.2 Å². The van der Waals surface area contributed by atoms with E-state index < -0.39 is 5.97 Å². The average molecular weight is 127 g/mol. The van der Waals surface area contributed by atoms with Crippen LogP contribution in [0.15, 0.2) is 12.2 Å². The summed E-state index contributed by atoms with van der Waals surface area (Å²) in [6.45, 7) is 2.04. The highest BCUT2D eigenvalue weighted by molar-refractivity contribution is 5.68. The SMILES string of the molecule is CCCC=CCC([O])=O. The first kappa shape index (κ1) is 8.21. The summed E-state index contributed by atoms with van der Waals surface area (Å²) in [4.78, 5) is 9.80. The van der Waals surface area contributed by atoms with E-state index in [0.717, 1.165) is 12.8 Å². The van der Waals surface area contributed by atoms with E-state index in [0.29, 0.717) is 0 Å². The zero-order chi connectivity index (χ0) is 7.11. The third-order valence-corrected chi connectivity index (χ3v) is 0.907. The first-order valence-corrected chi connectivity index (χ1v) is 3.12. The van der Waals surface area contributed by atoms with E-state index in [1.807, 2.05) is 13.0 Å². The first-order chi connectivity index (χ1) is 4.27. The largest absolute Gasteiger partial charge is 0.359 e. The second kappa shape index (κ2) is 5.35. The normalized spacial score (nSPS) is 10.3. The molecule has 0 saturated heterocycles. The Labute approximate surface area is 55.2 Å². The third kappa shape index (κ3) is 7.21. The molecule has 0 aliphatic heterocycles. The van der Waals surface area contributed by atoms with E-state index in [4.69, 9.17) is 0 Å². The molecular weight excluding hydrogens is 116 g/mol. The predicted molar refractivity (Wildman–Crippen MR) is 34.4 cm³/mol. The van der Waals surface area contributed by atoms with Gasteiger partial charge in [-0.25, -0.2) is 9.90 Å². The van der Waals surface area contributed by atoms with E-state index >= 15 is 0 Å². The van der Waals surface area contributed by atoms with Crippen LogP contribution in [0, 0.1) is 0 Å². The molecule has 9 heavy (non-hydrogen) atoms. The van der Waals surface area contributed by atoms with Gasteiger partial charge in [0, 0.05) is 0 Å². The van der Waals surface area contributed by atoms with E-state index in [2.05, 4.69) is 0 Å². The molecule has 0 aromatic carbocycles. The van der Waals surface area contributed by atoms with Crippen LogP contribution in [0.1, 0.15) is 26.2 Å². The highest BCUT2D eigenvalue weighted by atomic mass is 16.4. The minimum Gasteiger partial charge on any atom is -0.247 e. The van der Waals surface area contributed by atoms with Gasteiger partial charge in [0.1, 0.15) is 0 Å². The number of unbranched alkanes of at least 4 members (excludes halogenated alkanes) is 1. The van der Waals surface area contributed by atoms with Gasteiger partial charge in [-0.1, -0.05) is 25.5 Å². The number of carbonyl (C=O) groups excluding carboxylic acids is 1. The van der Waals surface area contributed by atoms with Crippen molar-refractivity contribution >= 4 is 5.97 Å². The molecule has 0 saturated carbocycles. The molecule has 0 heterocycles. The topological polar surface area (TPSA) is 37.0 Å². The highest BCUT2D eigenvalue weighted by Gasteiger charge is 1.90. The Kier molecular flexibility index (Phi) is 4.88. The van der Waals surface area contributed by atoms with Gasteiger partial charge in [0.15, 0.2) is 0 Å². The molecule has 0 aromatic rings. The molecule has 0 N–H and O–H groups in total. The molecule has 0 unspecified atom stereocenters. The molecule has 0 aliphatic rings. The molecule has 0 bridgehead atoms. The molecule has 1 radical (unpaired) electrons. The van der Waals surface area contributed by atoms with Crippen molar-refractivity contribution in [1.82, 2.24) is 0 Å². The van der Waals surface area contributed by atoms with Crippen LogP contribution in [0.25, 0.3) is 0 Å². The van der Waals surface area contributed by atoms with Gasteiger partial charge in [-0.3, -0.25) is 0 Å². The lowest BCUT2D eigenvalue weighted by Crippen LogP contribution is -1.86. The Morgan fingerprint density at radius 3 is 2.56 bits per heavy atom. The minimum absolute atomic E-state index is 0.0417. The van der Waals surface area contributed by atoms with Gasteiger partial charge >= 0.3 is 5.97 Å². The maximum Gasteiger partial charge on any atom is 0.359 e. The quantitative estimate of drug-likeness (QED) is 0.529. The van der Waals surface area contributed by atoms with E-state index in [-0.39, 0.29) is 6.42 Å². The maximum absolute atomic E-state index is 9.80. The Balaban J connectivity index is 3.14. The lowest BCUT2D eigenvalue weighted by Gasteiger charge is -1.81. The van der Waals surface area contributed by atoms with Crippen LogP contribution in [-0.4, -0.2) is 5.97 Å². The van der Waals surface area contributed by atoms with Crippen molar-refractivity contribution in [2.24, 2.45) is 0 Å². The maximum atomic E-state index is 9.80. The Morgan fingerprint density at radius 1 is 1.44 bits per heavy atom. The average Bonchev–Trinajstić information content (AvgIpc) is 1.80. The monoisotopic (exact) mass is 127 g/mol. The number of carbonyl (C=O) groups is 1. The first-order valence-electron chi connectivity index (χ1n) is 3.12. The number of rotatable bonds is 4. The molecule has 0 amide bonds. The number of hydrogen-bond donors (Lipinski definition) is 0. The lowest BCUT2D eigenvalue weighted by molar-refractivity contribution is -0.142. The smallest absolute Gasteiger partial charge is 0.247 e. The summed E-state index contributed by atoms with van der Waals surface area (Å²) in [6.07, 6.45) is 5.53. The fourth-order valence-corrected chi connectivity index (χ4v) is 0.464. The zero-order valence-corrected chi connectivity index (χ0v) is 5.59. The molecule has 2 nitrogen and oxygen atoms in total. The second-order valence-corrected chi connectivity index (χ2v) is 1.84. The van der Waals surface area contributed by atoms with Gasteiger partial charge in [0.2, 0.25) is 0 Å². The van der Waals surface area contributed by atoms with Gasteiger partial charge in [0.05, 0.1) is 6.42 Å². The van der Waals surface area contributed by atoms with Crippen molar-refractivity contribution in [3.63, 3.8) is 0 Å². The molecule has 0 aromatic heterocycles. The van der Waals surface area contributed by atoms with Crippen molar-refractivity contribution < 1.29 is 9.90 Å². The van der Waals surface area contributed by atoms with Gasteiger partial charge < -0.3 is 0 Å². The molecule has 0 spiro atoms. The van der Waals surface area contributed by atoms with Crippen LogP contribution in [0.5, 0.6) is 0 Å². The van der Waals surface area contributed by atoms with Gasteiger partial charge in [0.25, 0.3) is 0 Å². The summed E-state index contributed by atoms with van der Waals surface area (Å²) in [6, 6.07) is 0. The summed E-state index contributed by atoms with van der Waals surface area (Å²) in [5, 5.41) is 9.80. The summed E-state index contributed by atoms with van der Waals surface area (Å²) < 4.78 is 0. The number of allylic oxidation sites excluding steroid dienone is 1. The molecule has 0 aliphatic carbocycles. The Bertz CT molecular complexity index is 105. The summed E-state index contributed by atoms with van der Waals surface area (Å²) in [7, 11) is 0. The standard InChI is InChI=1S/C7H11O2/c1-2-3-4-5-6-7(8)9/h4-5H,2-3,6H2,1H3. The minimum atomic E-state index is -1.01. The molecule has 0 fully saturated rings. The molecule has 0 rings (SSSR count). The van der Waals surface area contributed by atoms with Crippen molar-refractivity contribution in [1.29, 1.82) is 0 Å². The summed E-state index contributed by atoms with van der Waals surface area (Å²) in [5.74, 6) is -1.01. The van der Waals surface area contributed by atoms with E-state index in [1.165, 1.54) is 0 Å². The van der Waals surface area contributed by atoms with Crippen LogP contribution in [-0.2, 0) is 9.90 Å². The van der Waals surface area contributed by atoms with E-state index in [9.17, 15) is 9.90 Å². The van der Waals surface area contributed by atoms with Crippen molar-refractivity contribution in [3.05, 3.63) is 12.2 Å². The third-order valence-electron chi connectivity index (χ3n) is 0.907. The number of hydrogen-bond acceptors (Lipinski definition) is 1. The van der Waals surface area contributed by atoms with Crippen LogP contribution in [0.3, 0.4) is 0 Å². The van der Waals surface area contributed by atoms with Gasteiger partial charge in [-0.2, -0.15) is 0 Å². The lowest BCUT2D eigenvalue weighted by atomic mass is 10.3. The van der Waals surface area contributed by atoms with Crippen LogP contribution in [0.2, 0.25) is 0 Å². The summed E-state index contributed by atoms with van der Waals surface area (Å²) >= 11 is 0. The fraction of sp³-hybridized carbons (Fsp3) is 0.571.